The van der Waals surface area contributed by atoms with Crippen LogP contribution in [0, 0.1) is 0 Å². The van der Waals surface area contributed by atoms with Gasteiger partial charge in [-0.3, -0.25) is 4.79 Å². The van der Waals surface area contributed by atoms with Crippen molar-refractivity contribution in [2.75, 3.05) is 0 Å². The van der Waals surface area contributed by atoms with Crippen LogP contribution in [0.15, 0.2) is 59.3 Å². The highest BCUT2D eigenvalue weighted by atomic mass is 35.5. The van der Waals surface area contributed by atoms with E-state index in [1.54, 1.807) is 12.1 Å². The van der Waals surface area contributed by atoms with E-state index in [4.69, 9.17) is 16.1 Å². The molecule has 6 nitrogen and oxygen atoms in total. The van der Waals surface area contributed by atoms with Gasteiger partial charge in [-0.25, -0.2) is 0 Å². The number of fused-ring (bicyclic) bond motifs is 1. The summed E-state index contributed by atoms with van der Waals surface area (Å²) in [6.07, 6.45) is 2.13. The van der Waals surface area contributed by atoms with Crippen LogP contribution in [0.3, 0.4) is 0 Å². The summed E-state index contributed by atoms with van der Waals surface area (Å²) in [5.41, 5.74) is 2.72. The van der Waals surface area contributed by atoms with Gasteiger partial charge in [0.2, 0.25) is 17.6 Å². The fourth-order valence-corrected chi connectivity index (χ4v) is 2.95. The average molecular weight is 367 g/mol. The molecule has 2 aromatic heterocycles. The van der Waals surface area contributed by atoms with E-state index in [1.807, 2.05) is 42.6 Å². The van der Waals surface area contributed by atoms with Crippen molar-refractivity contribution in [3.05, 3.63) is 71.2 Å². The largest absolute Gasteiger partial charge is 0.361 e. The molecular formula is C19H15ClN4O2. The van der Waals surface area contributed by atoms with Crippen molar-refractivity contribution < 1.29 is 9.32 Å². The SMILES string of the molecule is O=C(Cc1c[nH]c2ccccc12)NCc1nc(-c2cccc(Cl)c2)no1. The smallest absolute Gasteiger partial charge is 0.246 e. The Kier molecular flexibility index (Phi) is 4.41. The summed E-state index contributed by atoms with van der Waals surface area (Å²) < 4.78 is 5.19. The maximum Gasteiger partial charge on any atom is 0.246 e. The molecule has 0 fully saturated rings. The van der Waals surface area contributed by atoms with Gasteiger partial charge in [-0.05, 0) is 23.8 Å². The van der Waals surface area contributed by atoms with Gasteiger partial charge in [0.25, 0.3) is 0 Å². The Hall–Kier alpha value is -3.12. The van der Waals surface area contributed by atoms with Gasteiger partial charge in [0.05, 0.1) is 13.0 Å². The van der Waals surface area contributed by atoms with Gasteiger partial charge in [0, 0.05) is 27.7 Å². The highest BCUT2D eigenvalue weighted by Gasteiger charge is 2.12. The average Bonchev–Trinajstić information content (AvgIpc) is 3.28. The second-order valence-corrected chi connectivity index (χ2v) is 6.27. The lowest BCUT2D eigenvalue weighted by atomic mass is 10.1. The number of H-pyrrole nitrogens is 1. The fourth-order valence-electron chi connectivity index (χ4n) is 2.76. The van der Waals surface area contributed by atoms with E-state index in [-0.39, 0.29) is 18.9 Å². The maximum absolute atomic E-state index is 12.2. The lowest BCUT2D eigenvalue weighted by Crippen LogP contribution is -2.24. The zero-order chi connectivity index (χ0) is 17.9. The Bertz CT molecular complexity index is 1070. The summed E-state index contributed by atoms with van der Waals surface area (Å²) in [7, 11) is 0. The van der Waals surface area contributed by atoms with E-state index < -0.39 is 0 Å². The molecule has 0 atom stereocenters. The monoisotopic (exact) mass is 366 g/mol. The van der Waals surface area contributed by atoms with Gasteiger partial charge in [-0.2, -0.15) is 4.98 Å². The van der Waals surface area contributed by atoms with Crippen LogP contribution < -0.4 is 5.32 Å². The van der Waals surface area contributed by atoms with Crippen LogP contribution in [0.4, 0.5) is 0 Å². The topological polar surface area (TPSA) is 83.8 Å². The Morgan fingerprint density at radius 2 is 2.08 bits per heavy atom. The molecule has 0 radical (unpaired) electrons. The molecule has 130 valence electrons. The van der Waals surface area contributed by atoms with E-state index in [2.05, 4.69) is 20.4 Å². The fraction of sp³-hybridized carbons (Fsp3) is 0.105. The van der Waals surface area contributed by atoms with E-state index >= 15 is 0 Å². The standard InChI is InChI=1S/C19H15ClN4O2/c20-14-5-3-4-12(8-14)19-23-18(26-24-19)11-22-17(25)9-13-10-21-16-7-2-1-6-15(13)16/h1-8,10,21H,9,11H2,(H,22,25). The van der Waals surface area contributed by atoms with Crippen LogP contribution in [-0.2, 0) is 17.8 Å². The molecule has 2 aromatic carbocycles. The molecule has 0 saturated heterocycles. The van der Waals surface area contributed by atoms with Crippen molar-refractivity contribution in [3.63, 3.8) is 0 Å². The first-order chi connectivity index (χ1) is 12.7. The van der Waals surface area contributed by atoms with Crippen molar-refractivity contribution in [2.24, 2.45) is 0 Å². The normalized spacial score (nSPS) is 11.0. The van der Waals surface area contributed by atoms with E-state index in [1.165, 1.54) is 0 Å². The van der Waals surface area contributed by atoms with Crippen molar-refractivity contribution in [1.82, 2.24) is 20.4 Å². The third kappa shape index (κ3) is 3.45. The van der Waals surface area contributed by atoms with Gasteiger partial charge in [0.15, 0.2) is 0 Å². The molecule has 1 amide bonds. The molecule has 0 bridgehead atoms. The number of nitrogens with zero attached hydrogens (tertiary/aromatic N) is 2. The summed E-state index contributed by atoms with van der Waals surface area (Å²) in [5.74, 6) is 0.665. The summed E-state index contributed by atoms with van der Waals surface area (Å²) in [6.45, 7) is 0.175. The third-order valence-electron chi connectivity index (χ3n) is 4.01. The van der Waals surface area contributed by atoms with Crippen LogP contribution in [0.5, 0.6) is 0 Å². The molecule has 2 N–H and O–H groups in total. The number of aromatic amines is 1. The predicted octanol–water partition coefficient (Wildman–Crippen LogP) is 3.73. The molecule has 0 aliphatic rings. The molecule has 0 saturated carbocycles. The number of benzene rings is 2. The Balaban J connectivity index is 1.39. The van der Waals surface area contributed by atoms with E-state index in [9.17, 15) is 4.79 Å². The number of hydrogen-bond donors (Lipinski definition) is 2. The maximum atomic E-state index is 12.2. The Labute approximate surface area is 154 Å². The van der Waals surface area contributed by atoms with Gasteiger partial charge in [-0.15, -0.1) is 0 Å². The van der Waals surface area contributed by atoms with E-state index in [0.29, 0.717) is 16.7 Å². The first-order valence-electron chi connectivity index (χ1n) is 8.09. The highest BCUT2D eigenvalue weighted by molar-refractivity contribution is 6.30. The number of carbonyl (C=O) groups excluding carboxylic acids is 1. The predicted molar refractivity (Wildman–Crippen MR) is 98.6 cm³/mol. The molecule has 26 heavy (non-hydrogen) atoms. The number of rotatable bonds is 5. The highest BCUT2D eigenvalue weighted by Crippen LogP contribution is 2.20. The first kappa shape index (κ1) is 16.4. The number of aromatic nitrogens is 3. The molecule has 2 heterocycles. The summed E-state index contributed by atoms with van der Waals surface area (Å²) in [5, 5.41) is 8.37. The summed E-state index contributed by atoms with van der Waals surface area (Å²) >= 11 is 5.97. The lowest BCUT2D eigenvalue weighted by molar-refractivity contribution is -0.120. The molecule has 0 unspecified atom stereocenters. The molecule has 0 spiro atoms. The second kappa shape index (κ2) is 7.01. The van der Waals surface area contributed by atoms with Crippen LogP contribution in [0.2, 0.25) is 5.02 Å². The molecule has 4 rings (SSSR count). The van der Waals surface area contributed by atoms with Crippen molar-refractivity contribution in [3.8, 4) is 11.4 Å². The molecule has 0 aliphatic carbocycles. The summed E-state index contributed by atoms with van der Waals surface area (Å²) in [6, 6.07) is 15.1. The van der Waals surface area contributed by atoms with Crippen molar-refractivity contribution >= 4 is 28.4 Å². The number of nitrogens with one attached hydrogen (secondary N) is 2. The first-order valence-corrected chi connectivity index (χ1v) is 8.47. The van der Waals surface area contributed by atoms with Crippen molar-refractivity contribution in [2.45, 2.75) is 13.0 Å². The number of para-hydroxylation sites is 1. The number of hydrogen-bond acceptors (Lipinski definition) is 4. The number of carbonyl (C=O) groups is 1. The zero-order valence-corrected chi connectivity index (χ0v) is 14.5. The summed E-state index contributed by atoms with van der Waals surface area (Å²) in [4.78, 5) is 19.7. The zero-order valence-electron chi connectivity index (χ0n) is 13.7. The second-order valence-electron chi connectivity index (χ2n) is 5.84. The Morgan fingerprint density at radius 1 is 1.19 bits per heavy atom. The van der Waals surface area contributed by atoms with Crippen LogP contribution in [-0.4, -0.2) is 21.0 Å². The van der Waals surface area contributed by atoms with Crippen LogP contribution in [0.1, 0.15) is 11.5 Å². The molecule has 7 heteroatoms. The quantitative estimate of drug-likeness (QED) is 0.563. The number of amides is 1. The number of halogens is 1. The van der Waals surface area contributed by atoms with Gasteiger partial charge in [-0.1, -0.05) is 47.1 Å². The van der Waals surface area contributed by atoms with Gasteiger partial charge < -0.3 is 14.8 Å². The molecule has 4 aromatic rings. The van der Waals surface area contributed by atoms with Gasteiger partial charge in [0.1, 0.15) is 0 Å². The Morgan fingerprint density at radius 3 is 2.96 bits per heavy atom. The van der Waals surface area contributed by atoms with Crippen LogP contribution >= 0.6 is 11.6 Å². The molecular weight excluding hydrogens is 352 g/mol. The molecule has 0 aliphatic heterocycles. The van der Waals surface area contributed by atoms with Crippen LogP contribution in [0.25, 0.3) is 22.3 Å². The minimum absolute atomic E-state index is 0.114. The minimum atomic E-state index is -0.114. The minimum Gasteiger partial charge on any atom is -0.361 e. The third-order valence-corrected chi connectivity index (χ3v) is 4.25. The van der Waals surface area contributed by atoms with Gasteiger partial charge >= 0.3 is 0 Å². The lowest BCUT2D eigenvalue weighted by Gasteiger charge is -2.01. The van der Waals surface area contributed by atoms with Crippen molar-refractivity contribution in [1.29, 1.82) is 0 Å². The van der Waals surface area contributed by atoms with E-state index in [0.717, 1.165) is 22.0 Å².